The molecule has 0 aliphatic carbocycles. The van der Waals surface area contributed by atoms with Gasteiger partial charge in [-0.2, -0.15) is 0 Å². The topological polar surface area (TPSA) is 17.1 Å². The van der Waals surface area contributed by atoms with Gasteiger partial charge in [0.05, 0.1) is 0 Å². The van der Waals surface area contributed by atoms with E-state index in [0.29, 0.717) is 0 Å². The Balaban J connectivity index is -0.00000000500. The first-order valence-electron chi connectivity index (χ1n) is 0.289. The van der Waals surface area contributed by atoms with Gasteiger partial charge in [-0.3, -0.25) is 0 Å². The summed E-state index contributed by atoms with van der Waals surface area (Å²) >= 11 is 0.125. The molecular formula is H3BiCoOZn. The van der Waals surface area contributed by atoms with E-state index in [1.807, 2.05) is 0 Å². The van der Waals surface area contributed by atoms with Gasteiger partial charge in [-0.25, -0.2) is 0 Å². The van der Waals surface area contributed by atoms with Gasteiger partial charge in [-0.1, -0.05) is 0 Å². The molecule has 0 rings (SSSR count). The number of hydrogen-bond acceptors (Lipinski definition) is 1. The van der Waals surface area contributed by atoms with E-state index in [9.17, 15) is 0 Å². The third-order valence-electron chi connectivity index (χ3n) is 0. The van der Waals surface area contributed by atoms with E-state index in [0.717, 1.165) is 0 Å². The van der Waals surface area contributed by atoms with Gasteiger partial charge in [0.2, 0.25) is 0 Å². The predicted octanol–water partition coefficient (Wildman–Crippen LogP) is -1.31. The Morgan fingerprint density at radius 1 is 1.25 bits per heavy atom. The van der Waals surface area contributed by atoms with Crippen molar-refractivity contribution >= 4 is 26.2 Å². The van der Waals surface area contributed by atoms with Crippen LogP contribution in [0.3, 0.4) is 0 Å². The van der Waals surface area contributed by atoms with Gasteiger partial charge in [-0.15, -0.1) is 0 Å². The van der Waals surface area contributed by atoms with Crippen LogP contribution in [0.25, 0.3) is 0 Å². The van der Waals surface area contributed by atoms with E-state index >= 15 is 0 Å². The first kappa shape index (κ1) is 17.0. The molecule has 0 saturated heterocycles. The Bertz CT molecular complexity index is 8.00. The van der Waals surface area contributed by atoms with Gasteiger partial charge >= 0.3 is 48.0 Å². The fourth-order valence-electron chi connectivity index (χ4n) is 0. The van der Waals surface area contributed by atoms with Crippen LogP contribution in [0.4, 0.5) is 0 Å². The summed E-state index contributed by atoms with van der Waals surface area (Å²) in [5.41, 5.74) is 0. The van der Waals surface area contributed by atoms with Gasteiger partial charge in [0.1, 0.15) is 0 Å². The molecule has 0 saturated carbocycles. The van der Waals surface area contributed by atoms with Crippen molar-refractivity contribution in [2.45, 2.75) is 0 Å². The second-order valence-electron chi connectivity index (χ2n) is 0. The Morgan fingerprint density at radius 2 is 1.25 bits per heavy atom. The van der Waals surface area contributed by atoms with Crippen LogP contribution in [-0.4, -0.2) is 26.2 Å². The third kappa shape index (κ3) is 9.18. The molecule has 0 unspecified atom stereocenters. The van der Waals surface area contributed by atoms with E-state index in [2.05, 4.69) is 0 Å². The maximum atomic E-state index is 8.38. The molecule has 0 heterocycles. The summed E-state index contributed by atoms with van der Waals surface area (Å²) < 4.78 is 8.38. The van der Waals surface area contributed by atoms with E-state index in [-0.39, 0.29) is 61.2 Å². The first-order chi connectivity index (χ1) is 1.00. The Hall–Kier alpha value is 1.81. The molecule has 1 nitrogen and oxygen atoms in total. The zero-order valence-electron chi connectivity index (χ0n) is 2.16. The molecule has 0 atom stereocenters. The molecular weight excluding hydrogens is 349 g/mol. The molecule has 4 heteroatoms. The molecule has 25 valence electrons. The summed E-state index contributed by atoms with van der Waals surface area (Å²) in [7, 11) is 0. The molecule has 0 bridgehead atoms. The van der Waals surface area contributed by atoms with Crippen LogP contribution in [0.2, 0.25) is 0 Å². The predicted molar refractivity (Wildman–Crippen MR) is 10.6 cm³/mol. The molecule has 0 aliphatic heterocycles. The van der Waals surface area contributed by atoms with E-state index < -0.39 is 0 Å². The Labute approximate surface area is 64.2 Å². The molecule has 1 radical (unpaired) electrons. The van der Waals surface area contributed by atoms with Crippen molar-refractivity contribution in [2.24, 2.45) is 0 Å². The molecule has 0 aromatic carbocycles. The van der Waals surface area contributed by atoms with Crippen LogP contribution in [0.15, 0.2) is 0 Å². The quantitative estimate of drug-likeness (QED) is 0.495. The summed E-state index contributed by atoms with van der Waals surface area (Å²) in [6.45, 7) is 0. The summed E-state index contributed by atoms with van der Waals surface area (Å²) in [6, 6.07) is 0. The van der Waals surface area contributed by atoms with Crippen LogP contribution < -0.4 is 0 Å². The summed E-state index contributed by atoms with van der Waals surface area (Å²) in [5, 5.41) is 0. The average Bonchev–Trinajstić information content (AvgIpc) is 1.00. The van der Waals surface area contributed by atoms with Gasteiger partial charge in [0, 0.05) is 16.8 Å². The first-order valence-corrected chi connectivity index (χ1v) is 1.50. The van der Waals surface area contributed by atoms with E-state index in [4.69, 9.17) is 3.57 Å². The number of rotatable bonds is 0. The molecule has 0 aromatic heterocycles. The Morgan fingerprint density at radius 3 is 1.25 bits per heavy atom. The fourth-order valence-corrected chi connectivity index (χ4v) is 0. The summed E-state index contributed by atoms with van der Waals surface area (Å²) in [4.78, 5) is 0. The van der Waals surface area contributed by atoms with Crippen molar-refractivity contribution in [3.63, 3.8) is 0 Å². The van der Waals surface area contributed by atoms with Crippen molar-refractivity contribution in [2.75, 3.05) is 0 Å². The third-order valence-corrected chi connectivity index (χ3v) is 0. The molecule has 4 heavy (non-hydrogen) atoms. The number of hydrogen-bond donors (Lipinski definition) is 0. The Kier molecular flexibility index (Phi) is 90.6. The molecule has 0 aliphatic rings. The molecule has 0 amide bonds. The van der Waals surface area contributed by atoms with Crippen LogP contribution in [-0.2, 0) is 38.6 Å². The van der Waals surface area contributed by atoms with Gasteiger partial charge in [0.25, 0.3) is 0 Å². The standard InChI is InChI=1S/Bi.Co.O.Zn.3H. The monoisotopic (exact) mass is 351 g/mol. The minimum atomic E-state index is 0. The SMILES string of the molecule is [BiH3].[Co].[O]=[Zn]. The van der Waals surface area contributed by atoms with Gasteiger partial charge < -0.3 is 0 Å². The molecule has 0 N–H and O–H groups in total. The zero-order chi connectivity index (χ0) is 2.00. The van der Waals surface area contributed by atoms with Crippen molar-refractivity contribution in [3.05, 3.63) is 0 Å². The van der Waals surface area contributed by atoms with Crippen molar-refractivity contribution in [1.29, 1.82) is 0 Å². The van der Waals surface area contributed by atoms with E-state index in [1.54, 1.807) is 0 Å². The zero-order valence-corrected chi connectivity index (χ0v) is 11.7. The van der Waals surface area contributed by atoms with Crippen LogP contribution >= 0.6 is 0 Å². The maximum absolute atomic E-state index is 8.38. The molecule has 0 fully saturated rings. The summed E-state index contributed by atoms with van der Waals surface area (Å²) in [5.74, 6) is 0. The van der Waals surface area contributed by atoms with Crippen LogP contribution in [0, 0.1) is 0 Å². The second kappa shape index (κ2) is 21.3. The second-order valence-corrected chi connectivity index (χ2v) is 0. The minimum absolute atomic E-state index is 0. The normalized spacial score (nSPS) is 1.50. The molecule has 0 spiro atoms. The fraction of sp³-hybridized carbons (Fsp3) is 0. The average molecular weight is 352 g/mol. The van der Waals surface area contributed by atoms with E-state index in [1.165, 1.54) is 0 Å². The van der Waals surface area contributed by atoms with Gasteiger partial charge in [-0.05, 0) is 0 Å². The van der Waals surface area contributed by atoms with Crippen molar-refractivity contribution < 1.29 is 38.6 Å². The van der Waals surface area contributed by atoms with Crippen molar-refractivity contribution in [3.8, 4) is 0 Å². The van der Waals surface area contributed by atoms with Crippen LogP contribution in [0.5, 0.6) is 0 Å². The van der Waals surface area contributed by atoms with Gasteiger partial charge in [0.15, 0.2) is 0 Å². The molecule has 0 aromatic rings. The van der Waals surface area contributed by atoms with Crippen LogP contribution in [0.1, 0.15) is 0 Å². The summed E-state index contributed by atoms with van der Waals surface area (Å²) in [6.07, 6.45) is 0. The van der Waals surface area contributed by atoms with Crippen molar-refractivity contribution in [1.82, 2.24) is 0 Å².